The van der Waals surface area contributed by atoms with Gasteiger partial charge in [0.05, 0.1) is 10.7 Å². The summed E-state index contributed by atoms with van der Waals surface area (Å²) in [5, 5.41) is 0.509. The van der Waals surface area contributed by atoms with Crippen molar-refractivity contribution in [2.45, 2.75) is 6.92 Å². The highest BCUT2D eigenvalue weighted by molar-refractivity contribution is 6.39. The van der Waals surface area contributed by atoms with Gasteiger partial charge in [-0.2, -0.15) is 0 Å². The van der Waals surface area contributed by atoms with E-state index in [-0.39, 0.29) is 17.4 Å². The van der Waals surface area contributed by atoms with Crippen LogP contribution in [0.4, 0.5) is 10.1 Å². The zero-order valence-electron chi connectivity index (χ0n) is 15.1. The third-order valence-electron chi connectivity index (χ3n) is 4.41. The summed E-state index contributed by atoms with van der Waals surface area (Å²) in [6.45, 7) is 1.96. The molecule has 1 aliphatic rings. The molecule has 0 radical (unpaired) electrons. The second-order valence-corrected chi connectivity index (χ2v) is 6.88. The normalized spacial score (nSPS) is 15.2. The van der Waals surface area contributed by atoms with Gasteiger partial charge in [0, 0.05) is 5.56 Å². The Labute approximate surface area is 167 Å². The van der Waals surface area contributed by atoms with E-state index in [1.165, 1.54) is 12.1 Å². The molecule has 3 nitrogen and oxygen atoms in total. The molecule has 3 aromatic rings. The molecule has 0 saturated heterocycles. The molecule has 0 N–H and O–H groups in total. The van der Waals surface area contributed by atoms with Crippen molar-refractivity contribution in [3.63, 3.8) is 0 Å². The number of carbonyl (C=O) groups excluding carboxylic acids is 1. The molecule has 1 amide bonds. The van der Waals surface area contributed by atoms with Crippen molar-refractivity contribution in [1.29, 1.82) is 0 Å². The van der Waals surface area contributed by atoms with Crippen LogP contribution in [0.1, 0.15) is 16.7 Å². The summed E-state index contributed by atoms with van der Waals surface area (Å²) in [6.07, 6.45) is 1.65. The Morgan fingerprint density at radius 3 is 2.46 bits per heavy atom. The van der Waals surface area contributed by atoms with E-state index in [1.807, 2.05) is 49.4 Å². The third kappa shape index (κ3) is 3.47. The van der Waals surface area contributed by atoms with Gasteiger partial charge in [-0.3, -0.25) is 9.69 Å². The number of amides is 1. The van der Waals surface area contributed by atoms with E-state index in [0.29, 0.717) is 27.7 Å². The van der Waals surface area contributed by atoms with E-state index < -0.39 is 0 Å². The first kappa shape index (κ1) is 18.1. The molecule has 5 heteroatoms. The van der Waals surface area contributed by atoms with Crippen LogP contribution in [0.15, 0.2) is 83.5 Å². The average Bonchev–Trinajstić information content (AvgIpc) is 3.00. The van der Waals surface area contributed by atoms with Crippen LogP contribution in [0.3, 0.4) is 0 Å². The molecule has 1 heterocycles. The van der Waals surface area contributed by atoms with Gasteiger partial charge in [0.1, 0.15) is 17.3 Å². The van der Waals surface area contributed by atoms with Crippen LogP contribution < -0.4 is 4.90 Å². The highest BCUT2D eigenvalue weighted by atomic mass is 35.5. The number of carbonyl (C=O) groups is 1. The van der Waals surface area contributed by atoms with Gasteiger partial charge >= 0.3 is 0 Å². The summed E-state index contributed by atoms with van der Waals surface area (Å²) in [4.78, 5) is 19.3. The Morgan fingerprint density at radius 2 is 1.75 bits per heavy atom. The number of aliphatic imine (C=N–C) groups is 1. The number of hydrogen-bond acceptors (Lipinski definition) is 2. The number of anilines is 1. The highest BCUT2D eigenvalue weighted by Crippen LogP contribution is 2.30. The van der Waals surface area contributed by atoms with Crippen LogP contribution in [0.25, 0.3) is 6.08 Å². The quantitative estimate of drug-likeness (QED) is 0.534. The van der Waals surface area contributed by atoms with Gasteiger partial charge < -0.3 is 0 Å². The average molecular weight is 391 g/mol. The Bertz CT molecular complexity index is 1120. The lowest BCUT2D eigenvalue weighted by atomic mass is 10.1. The Balaban J connectivity index is 1.85. The Hall–Kier alpha value is -3.24. The number of hydrogen-bond donors (Lipinski definition) is 0. The largest absolute Gasteiger partial charge is 0.282 e. The lowest BCUT2D eigenvalue weighted by Crippen LogP contribution is -2.32. The van der Waals surface area contributed by atoms with E-state index in [1.54, 1.807) is 29.2 Å². The minimum Gasteiger partial charge on any atom is -0.266 e. The van der Waals surface area contributed by atoms with Crippen molar-refractivity contribution in [2.24, 2.45) is 4.99 Å². The van der Waals surface area contributed by atoms with Gasteiger partial charge in [-0.15, -0.1) is 0 Å². The fourth-order valence-electron chi connectivity index (χ4n) is 3.06. The smallest absolute Gasteiger partial charge is 0.266 e. The molecule has 0 fully saturated rings. The molecular formula is C23H16ClFN2O. The first-order valence-electron chi connectivity index (χ1n) is 8.75. The first-order valence-corrected chi connectivity index (χ1v) is 9.13. The molecule has 0 atom stereocenters. The summed E-state index contributed by atoms with van der Waals surface area (Å²) in [5.41, 5.74) is 3.37. The Kier molecular flexibility index (Phi) is 4.80. The van der Waals surface area contributed by atoms with Gasteiger partial charge in [-0.25, -0.2) is 9.38 Å². The standard InChI is InChI=1S/C23H16ClFN2O/c1-15-5-4-6-18(13-15)27-22(19-7-2-3-8-20(19)24)26-21(23(27)28)14-16-9-11-17(25)12-10-16/h2-14H,1H3/b21-14+. The van der Waals surface area contributed by atoms with Gasteiger partial charge in [-0.1, -0.05) is 48.0 Å². The van der Waals surface area contributed by atoms with Crippen LogP contribution in [0.2, 0.25) is 5.02 Å². The number of nitrogens with zero attached hydrogens (tertiary/aromatic N) is 2. The number of amidine groups is 1. The molecule has 0 bridgehead atoms. The molecule has 4 rings (SSSR count). The van der Waals surface area contributed by atoms with Crippen molar-refractivity contribution in [3.05, 3.63) is 106 Å². The van der Waals surface area contributed by atoms with Crippen molar-refractivity contribution in [1.82, 2.24) is 0 Å². The van der Waals surface area contributed by atoms with E-state index in [9.17, 15) is 9.18 Å². The van der Waals surface area contributed by atoms with Gasteiger partial charge in [0.15, 0.2) is 0 Å². The molecule has 0 saturated carbocycles. The molecule has 28 heavy (non-hydrogen) atoms. The lowest BCUT2D eigenvalue weighted by molar-refractivity contribution is -0.113. The molecular weight excluding hydrogens is 375 g/mol. The zero-order valence-corrected chi connectivity index (χ0v) is 15.8. The second kappa shape index (κ2) is 7.41. The van der Waals surface area contributed by atoms with Crippen molar-refractivity contribution in [2.75, 3.05) is 4.90 Å². The molecule has 0 spiro atoms. The van der Waals surface area contributed by atoms with E-state index in [2.05, 4.69) is 4.99 Å². The van der Waals surface area contributed by atoms with Gasteiger partial charge in [0.25, 0.3) is 5.91 Å². The van der Waals surface area contributed by atoms with Crippen LogP contribution in [-0.4, -0.2) is 11.7 Å². The van der Waals surface area contributed by atoms with Crippen LogP contribution >= 0.6 is 11.6 Å². The maximum atomic E-state index is 13.2. The molecule has 0 aliphatic carbocycles. The fourth-order valence-corrected chi connectivity index (χ4v) is 3.28. The Morgan fingerprint density at radius 1 is 1.00 bits per heavy atom. The molecule has 3 aromatic carbocycles. The SMILES string of the molecule is Cc1cccc(N2C(=O)/C(=C\c3ccc(F)cc3)N=C2c2ccccc2Cl)c1. The molecule has 1 aliphatic heterocycles. The highest BCUT2D eigenvalue weighted by Gasteiger charge is 2.33. The first-order chi connectivity index (χ1) is 13.5. The zero-order chi connectivity index (χ0) is 19.7. The predicted molar refractivity (Wildman–Crippen MR) is 111 cm³/mol. The summed E-state index contributed by atoms with van der Waals surface area (Å²) in [7, 11) is 0. The molecule has 138 valence electrons. The summed E-state index contributed by atoms with van der Waals surface area (Å²) in [5.74, 6) is -0.124. The van der Waals surface area contributed by atoms with E-state index in [0.717, 1.165) is 5.56 Å². The minimum absolute atomic E-state index is 0.259. The predicted octanol–water partition coefficient (Wildman–Crippen LogP) is 5.62. The molecule has 0 aromatic heterocycles. The number of benzene rings is 3. The summed E-state index contributed by atoms with van der Waals surface area (Å²) in [6, 6.07) is 20.8. The topological polar surface area (TPSA) is 32.7 Å². The van der Waals surface area contributed by atoms with Crippen LogP contribution in [-0.2, 0) is 4.79 Å². The number of halogens is 2. The maximum absolute atomic E-state index is 13.2. The van der Waals surface area contributed by atoms with Crippen LogP contribution in [0, 0.1) is 12.7 Å². The second-order valence-electron chi connectivity index (χ2n) is 6.48. The van der Waals surface area contributed by atoms with E-state index in [4.69, 9.17) is 11.6 Å². The van der Waals surface area contributed by atoms with Crippen molar-refractivity contribution < 1.29 is 9.18 Å². The third-order valence-corrected chi connectivity index (χ3v) is 4.74. The minimum atomic E-state index is -0.332. The summed E-state index contributed by atoms with van der Waals surface area (Å²) < 4.78 is 13.2. The van der Waals surface area contributed by atoms with Crippen LogP contribution in [0.5, 0.6) is 0 Å². The lowest BCUT2D eigenvalue weighted by Gasteiger charge is -2.19. The van der Waals surface area contributed by atoms with Gasteiger partial charge in [-0.05, 0) is 60.5 Å². The van der Waals surface area contributed by atoms with Crippen molar-refractivity contribution >= 4 is 35.1 Å². The van der Waals surface area contributed by atoms with E-state index >= 15 is 0 Å². The number of aryl methyl sites for hydroxylation is 1. The maximum Gasteiger partial charge on any atom is 0.282 e. The fraction of sp³-hybridized carbons (Fsp3) is 0.0435. The molecule has 0 unspecified atom stereocenters. The number of rotatable bonds is 3. The van der Waals surface area contributed by atoms with Crippen molar-refractivity contribution in [3.8, 4) is 0 Å². The monoisotopic (exact) mass is 390 g/mol. The summed E-state index contributed by atoms with van der Waals surface area (Å²) >= 11 is 6.38. The van der Waals surface area contributed by atoms with Gasteiger partial charge in [0.2, 0.25) is 0 Å².